The van der Waals surface area contributed by atoms with E-state index in [0.717, 1.165) is 39.1 Å². The normalized spacial score (nSPS) is 30.3. The van der Waals surface area contributed by atoms with Gasteiger partial charge in [0, 0.05) is 36.7 Å². The molecule has 124 valence electrons. The maximum Gasteiger partial charge on any atom is 0.0798 e. The highest BCUT2D eigenvalue weighted by atomic mass is 16.3. The molecule has 2 saturated heterocycles. The summed E-state index contributed by atoms with van der Waals surface area (Å²) in [5.74, 6) is 0. The molecular weight excluding hydrogens is 286 g/mol. The van der Waals surface area contributed by atoms with Gasteiger partial charge in [-0.15, -0.1) is 0 Å². The fourth-order valence-electron chi connectivity index (χ4n) is 4.32. The number of aromatic nitrogens is 1. The molecule has 2 aliphatic rings. The summed E-state index contributed by atoms with van der Waals surface area (Å²) in [7, 11) is 0. The van der Waals surface area contributed by atoms with Gasteiger partial charge in [0.25, 0.3) is 0 Å². The molecule has 2 atom stereocenters. The zero-order valence-corrected chi connectivity index (χ0v) is 14.0. The Hall–Kier alpha value is -1.36. The van der Waals surface area contributed by atoms with Crippen molar-refractivity contribution in [2.24, 2.45) is 0 Å². The molecular formula is C19H27N3O. The SMILES string of the molecule is C[C@@]1(O)CCN(Cc2cccc3[nH]ccc23)C[C@H]1N1CCCC1. The van der Waals surface area contributed by atoms with E-state index in [1.165, 1.54) is 29.3 Å². The maximum absolute atomic E-state index is 10.8. The van der Waals surface area contributed by atoms with Gasteiger partial charge >= 0.3 is 0 Å². The molecule has 0 spiro atoms. The predicted molar refractivity (Wildman–Crippen MR) is 93.4 cm³/mol. The molecule has 3 heterocycles. The summed E-state index contributed by atoms with van der Waals surface area (Å²) < 4.78 is 0. The average Bonchev–Trinajstić information content (AvgIpc) is 3.20. The highest BCUT2D eigenvalue weighted by Gasteiger charge is 2.41. The predicted octanol–water partition coefficient (Wildman–Crippen LogP) is 2.59. The lowest BCUT2D eigenvalue weighted by atomic mass is 9.87. The first-order chi connectivity index (χ1) is 11.1. The smallest absolute Gasteiger partial charge is 0.0798 e. The van der Waals surface area contributed by atoms with Crippen LogP contribution in [0.15, 0.2) is 30.5 Å². The quantitative estimate of drug-likeness (QED) is 0.915. The molecule has 1 aromatic carbocycles. The van der Waals surface area contributed by atoms with Crippen molar-refractivity contribution in [3.05, 3.63) is 36.0 Å². The van der Waals surface area contributed by atoms with E-state index in [2.05, 4.69) is 39.0 Å². The largest absolute Gasteiger partial charge is 0.388 e. The van der Waals surface area contributed by atoms with Crippen LogP contribution >= 0.6 is 0 Å². The van der Waals surface area contributed by atoms with Crippen LogP contribution in [0.25, 0.3) is 10.9 Å². The summed E-state index contributed by atoms with van der Waals surface area (Å²) >= 11 is 0. The zero-order valence-electron chi connectivity index (χ0n) is 14.0. The van der Waals surface area contributed by atoms with Gasteiger partial charge in [0.15, 0.2) is 0 Å². The monoisotopic (exact) mass is 313 g/mol. The number of nitrogens with zero attached hydrogens (tertiary/aromatic N) is 2. The van der Waals surface area contributed by atoms with Crippen LogP contribution in [0.4, 0.5) is 0 Å². The Morgan fingerprint density at radius 3 is 2.87 bits per heavy atom. The molecule has 4 nitrogen and oxygen atoms in total. The Bertz CT molecular complexity index is 672. The van der Waals surface area contributed by atoms with Crippen molar-refractivity contribution in [3.8, 4) is 0 Å². The van der Waals surface area contributed by atoms with Gasteiger partial charge < -0.3 is 10.1 Å². The molecule has 0 unspecified atom stereocenters. The number of aliphatic hydroxyl groups is 1. The number of fused-ring (bicyclic) bond motifs is 1. The molecule has 2 aliphatic heterocycles. The van der Waals surface area contributed by atoms with Crippen LogP contribution in [0.2, 0.25) is 0 Å². The van der Waals surface area contributed by atoms with Gasteiger partial charge in [-0.1, -0.05) is 12.1 Å². The van der Waals surface area contributed by atoms with Gasteiger partial charge in [-0.25, -0.2) is 0 Å². The van der Waals surface area contributed by atoms with E-state index in [1.807, 2.05) is 13.1 Å². The average molecular weight is 313 g/mol. The molecule has 2 N–H and O–H groups in total. The topological polar surface area (TPSA) is 42.5 Å². The van der Waals surface area contributed by atoms with E-state index in [1.54, 1.807) is 0 Å². The second kappa shape index (κ2) is 5.93. The second-order valence-electron chi connectivity index (χ2n) is 7.46. The van der Waals surface area contributed by atoms with Crippen molar-refractivity contribution < 1.29 is 5.11 Å². The highest BCUT2D eigenvalue weighted by Crippen LogP contribution is 2.30. The number of likely N-dealkylation sites (tertiary alicyclic amines) is 2. The summed E-state index contributed by atoms with van der Waals surface area (Å²) in [6.45, 7) is 7.21. The minimum atomic E-state index is -0.555. The molecule has 0 bridgehead atoms. The van der Waals surface area contributed by atoms with Crippen LogP contribution < -0.4 is 0 Å². The Morgan fingerprint density at radius 1 is 1.22 bits per heavy atom. The van der Waals surface area contributed by atoms with E-state index in [9.17, 15) is 5.11 Å². The first kappa shape index (κ1) is 15.2. The van der Waals surface area contributed by atoms with Gasteiger partial charge in [-0.05, 0) is 57.0 Å². The van der Waals surface area contributed by atoms with Crippen molar-refractivity contribution in [1.82, 2.24) is 14.8 Å². The molecule has 1 aromatic heterocycles. The van der Waals surface area contributed by atoms with E-state index in [-0.39, 0.29) is 6.04 Å². The summed E-state index contributed by atoms with van der Waals surface area (Å²) in [4.78, 5) is 8.32. The number of rotatable bonds is 3. The summed E-state index contributed by atoms with van der Waals surface area (Å²) in [6, 6.07) is 8.93. The van der Waals surface area contributed by atoms with Crippen molar-refractivity contribution in [2.75, 3.05) is 26.2 Å². The molecule has 0 radical (unpaired) electrons. The molecule has 0 amide bonds. The highest BCUT2D eigenvalue weighted by molar-refractivity contribution is 5.82. The molecule has 2 fully saturated rings. The maximum atomic E-state index is 10.8. The number of H-pyrrole nitrogens is 1. The fourth-order valence-corrected chi connectivity index (χ4v) is 4.32. The molecule has 23 heavy (non-hydrogen) atoms. The third kappa shape index (κ3) is 2.91. The lowest BCUT2D eigenvalue weighted by Crippen LogP contribution is -2.60. The Balaban J connectivity index is 1.52. The van der Waals surface area contributed by atoms with Crippen LogP contribution in [0, 0.1) is 0 Å². The standard InChI is InChI=1S/C19H27N3O/c1-19(23)8-12-21(14-18(19)22-10-2-3-11-22)13-15-5-4-6-17-16(15)7-9-20-17/h4-7,9,18,20,23H,2-3,8,10-14H2,1H3/t18-,19-/m1/s1. The molecule has 0 aliphatic carbocycles. The zero-order chi connectivity index (χ0) is 15.9. The second-order valence-corrected chi connectivity index (χ2v) is 7.46. The first-order valence-corrected chi connectivity index (χ1v) is 8.87. The Labute approximate surface area is 138 Å². The molecule has 4 rings (SSSR count). The lowest BCUT2D eigenvalue weighted by Gasteiger charge is -2.46. The van der Waals surface area contributed by atoms with Crippen LogP contribution in [0.1, 0.15) is 31.7 Å². The number of hydrogen-bond donors (Lipinski definition) is 2. The van der Waals surface area contributed by atoms with Gasteiger partial charge in [-0.3, -0.25) is 9.80 Å². The Kier molecular flexibility index (Phi) is 3.92. The van der Waals surface area contributed by atoms with Crippen molar-refractivity contribution in [1.29, 1.82) is 0 Å². The fraction of sp³-hybridized carbons (Fsp3) is 0.579. The van der Waals surface area contributed by atoms with Crippen LogP contribution in [0.5, 0.6) is 0 Å². The number of nitrogens with one attached hydrogen (secondary N) is 1. The first-order valence-electron chi connectivity index (χ1n) is 8.87. The van der Waals surface area contributed by atoms with Crippen LogP contribution in [-0.2, 0) is 6.54 Å². The van der Waals surface area contributed by atoms with Gasteiger partial charge in [-0.2, -0.15) is 0 Å². The van der Waals surface area contributed by atoms with Crippen molar-refractivity contribution in [3.63, 3.8) is 0 Å². The van der Waals surface area contributed by atoms with E-state index in [0.29, 0.717) is 0 Å². The minimum absolute atomic E-state index is 0.268. The number of aromatic amines is 1. The van der Waals surface area contributed by atoms with Crippen molar-refractivity contribution >= 4 is 10.9 Å². The minimum Gasteiger partial charge on any atom is -0.388 e. The molecule has 0 saturated carbocycles. The summed E-state index contributed by atoms with van der Waals surface area (Å²) in [6.07, 6.45) is 5.42. The number of piperidine rings is 1. The number of hydrogen-bond acceptors (Lipinski definition) is 3. The molecule has 4 heteroatoms. The van der Waals surface area contributed by atoms with Crippen LogP contribution in [0.3, 0.4) is 0 Å². The van der Waals surface area contributed by atoms with Gasteiger partial charge in [0.2, 0.25) is 0 Å². The van der Waals surface area contributed by atoms with Gasteiger partial charge in [0.05, 0.1) is 11.6 Å². The third-order valence-corrected chi connectivity index (χ3v) is 5.74. The summed E-state index contributed by atoms with van der Waals surface area (Å²) in [5.41, 5.74) is 2.04. The third-order valence-electron chi connectivity index (χ3n) is 5.74. The van der Waals surface area contributed by atoms with Crippen LogP contribution in [-0.4, -0.2) is 57.7 Å². The van der Waals surface area contributed by atoms with E-state index >= 15 is 0 Å². The van der Waals surface area contributed by atoms with Crippen molar-refractivity contribution in [2.45, 2.75) is 44.4 Å². The number of benzene rings is 1. The van der Waals surface area contributed by atoms with E-state index < -0.39 is 5.60 Å². The molecule has 2 aromatic rings. The van der Waals surface area contributed by atoms with Gasteiger partial charge in [0.1, 0.15) is 0 Å². The lowest BCUT2D eigenvalue weighted by molar-refractivity contribution is -0.0775. The Morgan fingerprint density at radius 2 is 2.04 bits per heavy atom. The summed E-state index contributed by atoms with van der Waals surface area (Å²) in [5, 5.41) is 12.2. The van der Waals surface area contributed by atoms with E-state index in [4.69, 9.17) is 0 Å².